The van der Waals surface area contributed by atoms with Gasteiger partial charge < -0.3 is 25.3 Å². The number of H-pyrrole nitrogens is 1. The molecule has 0 amide bonds. The molecule has 2 atom stereocenters. The molecule has 146 valence electrons. The minimum absolute atomic E-state index is 0.00514. The maximum atomic E-state index is 11.5. The molecule has 1 aliphatic carbocycles. The van der Waals surface area contributed by atoms with Crippen molar-refractivity contribution in [1.82, 2.24) is 10.3 Å². The van der Waals surface area contributed by atoms with Gasteiger partial charge in [-0.2, -0.15) is 0 Å². The van der Waals surface area contributed by atoms with E-state index in [9.17, 15) is 15.0 Å². The van der Waals surface area contributed by atoms with Crippen LogP contribution in [0.2, 0.25) is 0 Å². The first-order valence-electron chi connectivity index (χ1n) is 9.47. The number of nitrogens with one attached hydrogen (secondary N) is 2. The lowest BCUT2D eigenvalue weighted by Crippen LogP contribution is -2.37. The van der Waals surface area contributed by atoms with Crippen molar-refractivity contribution in [3.8, 4) is 11.5 Å². The highest BCUT2D eigenvalue weighted by Gasteiger charge is 2.21. The van der Waals surface area contributed by atoms with E-state index in [0.717, 1.165) is 25.0 Å². The number of rotatable bonds is 5. The topological polar surface area (TPSA) is 94.6 Å². The number of aliphatic hydroxyl groups excluding tert-OH is 1. The fourth-order valence-corrected chi connectivity index (χ4v) is 3.97. The Hall–Kier alpha value is -2.83. The fraction of sp³-hybridized carbons (Fsp3) is 0.318. The van der Waals surface area contributed by atoms with Gasteiger partial charge in [-0.05, 0) is 60.2 Å². The predicted molar refractivity (Wildman–Crippen MR) is 108 cm³/mol. The van der Waals surface area contributed by atoms with E-state index in [4.69, 9.17) is 4.74 Å². The van der Waals surface area contributed by atoms with Gasteiger partial charge in [0.25, 0.3) is 0 Å². The number of aryl methyl sites for hydroxylation is 1. The monoisotopic (exact) mass is 380 g/mol. The fourth-order valence-electron chi connectivity index (χ4n) is 3.97. The molecule has 4 N–H and O–H groups in total. The molecule has 0 bridgehead atoms. The molecule has 1 heterocycles. The molecule has 0 spiro atoms. The van der Waals surface area contributed by atoms with Gasteiger partial charge in [0.05, 0.1) is 18.7 Å². The minimum Gasteiger partial charge on any atom is -0.506 e. The molecule has 0 saturated carbocycles. The van der Waals surface area contributed by atoms with Gasteiger partial charge >= 0.3 is 0 Å². The number of aromatic hydroxyl groups is 1. The van der Waals surface area contributed by atoms with Crippen LogP contribution in [0.15, 0.2) is 47.3 Å². The first-order valence-corrected chi connectivity index (χ1v) is 9.47. The highest BCUT2D eigenvalue weighted by Crippen LogP contribution is 2.29. The number of benzene rings is 2. The maximum absolute atomic E-state index is 11.5. The third kappa shape index (κ3) is 3.61. The standard InChI is InChI=1S/C22H24N2O4/c1-28-16-5-3-13-2-4-15(10-14(13)11-16)23-12-20(26)17-6-8-19(25)22-18(17)7-9-21(27)24-22/h3,5-9,11,15,20,23,25-26H,2,4,10,12H2,1H3,(H,24,27). The summed E-state index contributed by atoms with van der Waals surface area (Å²) in [6.45, 7) is 0.392. The number of pyridine rings is 1. The van der Waals surface area contributed by atoms with Crippen LogP contribution >= 0.6 is 0 Å². The minimum atomic E-state index is -0.749. The molecule has 28 heavy (non-hydrogen) atoms. The SMILES string of the molecule is COc1ccc2c(c1)CC(NCC(O)c1ccc(O)c3[nH]c(=O)ccc13)CC2. The molecular formula is C22H24N2O4. The van der Waals surface area contributed by atoms with Crippen molar-refractivity contribution >= 4 is 10.9 Å². The summed E-state index contributed by atoms with van der Waals surface area (Å²) in [5.41, 5.74) is 3.37. The summed E-state index contributed by atoms with van der Waals surface area (Å²) < 4.78 is 5.32. The summed E-state index contributed by atoms with van der Waals surface area (Å²) in [6.07, 6.45) is 2.15. The number of methoxy groups -OCH3 is 1. The van der Waals surface area contributed by atoms with Crippen molar-refractivity contribution in [2.24, 2.45) is 0 Å². The van der Waals surface area contributed by atoms with Gasteiger partial charge in [-0.1, -0.05) is 12.1 Å². The van der Waals surface area contributed by atoms with Gasteiger partial charge in [0.15, 0.2) is 0 Å². The molecule has 0 fully saturated rings. The Labute approximate surface area is 162 Å². The zero-order valence-corrected chi connectivity index (χ0v) is 15.7. The van der Waals surface area contributed by atoms with Crippen molar-refractivity contribution < 1.29 is 14.9 Å². The van der Waals surface area contributed by atoms with Gasteiger partial charge in [-0.15, -0.1) is 0 Å². The molecule has 0 radical (unpaired) electrons. The number of hydrogen-bond acceptors (Lipinski definition) is 5. The Morgan fingerprint density at radius 3 is 2.89 bits per heavy atom. The summed E-state index contributed by atoms with van der Waals surface area (Å²) >= 11 is 0. The van der Waals surface area contributed by atoms with Crippen LogP contribution in [0.3, 0.4) is 0 Å². The van der Waals surface area contributed by atoms with Crippen molar-refractivity contribution in [2.45, 2.75) is 31.4 Å². The van der Waals surface area contributed by atoms with Crippen LogP contribution < -0.4 is 15.6 Å². The second-order valence-corrected chi connectivity index (χ2v) is 7.28. The van der Waals surface area contributed by atoms with Crippen molar-refractivity contribution in [1.29, 1.82) is 0 Å². The van der Waals surface area contributed by atoms with Crippen molar-refractivity contribution in [3.05, 3.63) is 69.5 Å². The zero-order chi connectivity index (χ0) is 19.7. The van der Waals surface area contributed by atoms with Gasteiger partial charge in [-0.3, -0.25) is 4.79 Å². The summed E-state index contributed by atoms with van der Waals surface area (Å²) in [6, 6.07) is 12.7. The third-order valence-electron chi connectivity index (χ3n) is 5.51. The molecule has 0 aliphatic heterocycles. The van der Waals surface area contributed by atoms with E-state index >= 15 is 0 Å². The summed E-state index contributed by atoms with van der Waals surface area (Å²) in [4.78, 5) is 14.2. The lowest BCUT2D eigenvalue weighted by atomic mass is 9.88. The summed E-state index contributed by atoms with van der Waals surface area (Å²) in [7, 11) is 1.67. The number of ether oxygens (including phenoxy) is 1. The maximum Gasteiger partial charge on any atom is 0.248 e. The number of phenols is 1. The van der Waals surface area contributed by atoms with E-state index in [2.05, 4.69) is 22.4 Å². The molecule has 6 heteroatoms. The number of fused-ring (bicyclic) bond motifs is 2. The van der Waals surface area contributed by atoms with Crippen LogP contribution in [-0.4, -0.2) is 34.9 Å². The van der Waals surface area contributed by atoms with Crippen molar-refractivity contribution in [3.63, 3.8) is 0 Å². The molecule has 4 rings (SSSR count). The number of phenolic OH excluding ortho intramolecular Hbond substituents is 1. The molecular weight excluding hydrogens is 356 g/mol. The van der Waals surface area contributed by atoms with Gasteiger partial charge in [0, 0.05) is 24.0 Å². The van der Waals surface area contributed by atoms with Gasteiger partial charge in [0.1, 0.15) is 11.5 Å². The van der Waals surface area contributed by atoms with Gasteiger partial charge in [0.2, 0.25) is 5.56 Å². The van der Waals surface area contributed by atoms with E-state index < -0.39 is 6.10 Å². The molecule has 1 aromatic heterocycles. The van der Waals surface area contributed by atoms with E-state index in [1.807, 2.05) is 6.07 Å². The largest absolute Gasteiger partial charge is 0.506 e. The van der Waals surface area contributed by atoms with Gasteiger partial charge in [-0.25, -0.2) is 0 Å². The van der Waals surface area contributed by atoms with E-state index in [-0.39, 0.29) is 17.4 Å². The summed E-state index contributed by atoms with van der Waals surface area (Å²) in [5.74, 6) is 0.860. The van der Waals surface area contributed by atoms with Crippen LogP contribution in [-0.2, 0) is 12.8 Å². The Morgan fingerprint density at radius 1 is 1.21 bits per heavy atom. The summed E-state index contributed by atoms with van der Waals surface area (Å²) in [5, 5.41) is 24.8. The van der Waals surface area contributed by atoms with Crippen LogP contribution in [0.25, 0.3) is 10.9 Å². The first-order chi connectivity index (χ1) is 13.5. The predicted octanol–water partition coefficient (Wildman–Crippen LogP) is 2.42. The first kappa shape index (κ1) is 18.5. The smallest absolute Gasteiger partial charge is 0.248 e. The molecule has 1 aliphatic rings. The molecule has 2 unspecified atom stereocenters. The van der Waals surface area contributed by atoms with E-state index in [1.54, 1.807) is 19.2 Å². The Morgan fingerprint density at radius 2 is 2.07 bits per heavy atom. The average molecular weight is 380 g/mol. The number of aliphatic hydroxyl groups is 1. The van der Waals surface area contributed by atoms with E-state index in [1.165, 1.54) is 23.3 Å². The van der Waals surface area contributed by atoms with E-state index in [0.29, 0.717) is 23.0 Å². The highest BCUT2D eigenvalue weighted by molar-refractivity contribution is 5.87. The Balaban J connectivity index is 1.48. The number of aromatic amines is 1. The number of hydrogen-bond donors (Lipinski definition) is 4. The molecule has 2 aromatic carbocycles. The zero-order valence-electron chi connectivity index (χ0n) is 15.7. The van der Waals surface area contributed by atoms with Crippen LogP contribution in [0.1, 0.15) is 29.2 Å². The Kier molecular flexibility index (Phi) is 5.07. The lowest BCUT2D eigenvalue weighted by Gasteiger charge is -2.27. The van der Waals surface area contributed by atoms with Crippen LogP contribution in [0.4, 0.5) is 0 Å². The van der Waals surface area contributed by atoms with Crippen molar-refractivity contribution in [2.75, 3.05) is 13.7 Å². The van der Waals surface area contributed by atoms with Crippen LogP contribution in [0, 0.1) is 0 Å². The average Bonchev–Trinajstić information content (AvgIpc) is 2.72. The molecule has 6 nitrogen and oxygen atoms in total. The highest BCUT2D eigenvalue weighted by atomic mass is 16.5. The second-order valence-electron chi connectivity index (χ2n) is 7.28. The molecule has 3 aromatic rings. The quantitative estimate of drug-likeness (QED) is 0.545. The number of aromatic nitrogens is 1. The lowest BCUT2D eigenvalue weighted by molar-refractivity contribution is 0.169. The third-order valence-corrected chi connectivity index (χ3v) is 5.51. The molecule has 0 saturated heterocycles. The second kappa shape index (κ2) is 7.66. The Bertz CT molecular complexity index is 1060. The normalized spacial score (nSPS) is 17.3. The van der Waals surface area contributed by atoms with Crippen LogP contribution in [0.5, 0.6) is 11.5 Å².